The molecule has 0 aromatic heterocycles. The van der Waals surface area contributed by atoms with Crippen LogP contribution < -0.4 is 21.4 Å². The molecule has 2 aromatic rings. The zero-order valence-corrected chi connectivity index (χ0v) is 26.3. The molecule has 3 aliphatic rings. The lowest BCUT2D eigenvalue weighted by molar-refractivity contribution is -0.176. The molecule has 5 N–H and O–H groups in total. The number of aromatic hydroxyl groups is 1. The van der Waals surface area contributed by atoms with Crippen LogP contribution in [0.2, 0.25) is 0 Å². The molecule has 1 saturated heterocycles. The number of ether oxygens (including phenoxy) is 1. The maximum Gasteiger partial charge on any atom is 0.336 e. The minimum atomic E-state index is -1.20. The third-order valence-electron chi connectivity index (χ3n) is 8.12. The highest BCUT2D eigenvalue weighted by Gasteiger charge is 2.40. The number of hydrogen-bond donors (Lipinski definition) is 5. The molecule has 13 heteroatoms. The first kappa shape index (κ1) is 33.6. The Morgan fingerprint density at radius 3 is 2.42 bits per heavy atom. The number of phenols is 1. The van der Waals surface area contributed by atoms with Crippen molar-refractivity contribution in [1.29, 1.82) is 0 Å². The van der Waals surface area contributed by atoms with Gasteiger partial charge in [-0.25, -0.2) is 9.59 Å². The number of rotatable bonds is 13. The van der Waals surface area contributed by atoms with Gasteiger partial charge in [-0.05, 0) is 68.1 Å². The monoisotopic (exact) mass is 657 g/mol. The van der Waals surface area contributed by atoms with Crippen LogP contribution in [-0.4, -0.2) is 64.6 Å². The summed E-state index contributed by atoms with van der Waals surface area (Å²) in [7, 11) is 0. The highest BCUT2D eigenvalue weighted by molar-refractivity contribution is 6.07. The van der Waals surface area contributed by atoms with Crippen molar-refractivity contribution in [2.45, 2.75) is 64.1 Å². The molecule has 1 aliphatic carbocycles. The Morgan fingerprint density at radius 1 is 0.917 bits per heavy atom. The summed E-state index contributed by atoms with van der Waals surface area (Å²) in [4.78, 5) is 73.0. The highest BCUT2D eigenvalue weighted by atomic mass is 16.6. The second-order valence-electron chi connectivity index (χ2n) is 11.8. The van der Waals surface area contributed by atoms with Crippen LogP contribution in [0.25, 0.3) is 33.4 Å². The van der Waals surface area contributed by atoms with Crippen molar-refractivity contribution in [2.75, 3.05) is 6.54 Å². The molecule has 0 bridgehead atoms. The lowest BCUT2D eigenvalue weighted by Gasteiger charge is -2.33. The molecule has 0 spiro atoms. The van der Waals surface area contributed by atoms with E-state index in [1.807, 2.05) is 0 Å². The van der Waals surface area contributed by atoms with Crippen molar-refractivity contribution in [3.8, 4) is 28.2 Å². The molecule has 3 amide bonds. The number of carboxylic acid groups (broad SMARTS) is 1. The van der Waals surface area contributed by atoms with E-state index in [9.17, 15) is 39.0 Å². The van der Waals surface area contributed by atoms with Gasteiger partial charge in [0.1, 0.15) is 29.2 Å². The van der Waals surface area contributed by atoms with E-state index >= 15 is 0 Å². The number of nitrogens with one attached hydrogen (secondary N) is 3. The number of esters is 1. The molecule has 13 nitrogen and oxygen atoms in total. The number of hydrogen-bond acceptors (Lipinski definition) is 9. The van der Waals surface area contributed by atoms with Gasteiger partial charge in [-0.1, -0.05) is 18.6 Å². The Bertz CT molecular complexity index is 1930. The van der Waals surface area contributed by atoms with E-state index in [4.69, 9.17) is 9.15 Å². The molecule has 5 rings (SSSR count). The van der Waals surface area contributed by atoms with Gasteiger partial charge in [-0.15, -0.1) is 0 Å². The van der Waals surface area contributed by atoms with Crippen molar-refractivity contribution < 1.29 is 43.3 Å². The van der Waals surface area contributed by atoms with E-state index in [1.54, 1.807) is 31.2 Å². The fraction of sp³-hybridized carbons (Fsp3) is 0.314. The van der Waals surface area contributed by atoms with Crippen molar-refractivity contribution >= 4 is 40.6 Å². The molecule has 48 heavy (non-hydrogen) atoms. The summed E-state index contributed by atoms with van der Waals surface area (Å²) in [5.74, 6) is -2.59. The fourth-order valence-electron chi connectivity index (χ4n) is 5.59. The van der Waals surface area contributed by atoms with Gasteiger partial charge in [0.15, 0.2) is 11.5 Å². The molecule has 0 radical (unpaired) electrons. The lowest BCUT2D eigenvalue weighted by atomic mass is 9.89. The van der Waals surface area contributed by atoms with Crippen LogP contribution in [0.1, 0.15) is 55.5 Å². The molecular formula is C35H35N3O10. The van der Waals surface area contributed by atoms with Gasteiger partial charge in [0.25, 0.3) is 0 Å². The molecule has 2 aromatic carbocycles. The number of fused-ring (bicyclic) bond motifs is 2. The van der Waals surface area contributed by atoms with Crippen LogP contribution in [0.5, 0.6) is 5.75 Å². The Hall–Kier alpha value is -5.72. The van der Waals surface area contributed by atoms with E-state index in [0.29, 0.717) is 53.4 Å². The number of aromatic carboxylic acids is 1. The van der Waals surface area contributed by atoms with Crippen LogP contribution in [0.15, 0.2) is 63.8 Å². The topological polar surface area (TPSA) is 201 Å². The fourth-order valence-corrected chi connectivity index (χ4v) is 5.59. The smallest absolute Gasteiger partial charge is 0.336 e. The zero-order valence-electron chi connectivity index (χ0n) is 26.3. The second-order valence-corrected chi connectivity index (χ2v) is 11.8. The van der Waals surface area contributed by atoms with Crippen LogP contribution in [0.3, 0.4) is 0 Å². The molecule has 250 valence electrons. The summed E-state index contributed by atoms with van der Waals surface area (Å²) in [6.45, 7) is 3.56. The SMILES string of the molecule is C[C@H](NC(=O)CCCCCNC(=O)Cc1ccc(-c2c3ccc(=O)cc-3oc3cc(O)ccc23)c(C(=O)O)c1)C(=O)N[C@@H]1C(=O)O[C@@H]1C. The van der Waals surface area contributed by atoms with Crippen molar-refractivity contribution in [2.24, 2.45) is 0 Å². The van der Waals surface area contributed by atoms with Gasteiger partial charge in [-0.2, -0.15) is 0 Å². The summed E-state index contributed by atoms with van der Waals surface area (Å²) in [6, 6.07) is 11.9. The maximum atomic E-state index is 12.7. The summed E-state index contributed by atoms with van der Waals surface area (Å²) in [6.07, 6.45) is 1.53. The Kier molecular flexibility index (Phi) is 10.1. The zero-order chi connectivity index (χ0) is 34.5. The van der Waals surface area contributed by atoms with Gasteiger partial charge in [0.05, 0.1) is 12.0 Å². The minimum absolute atomic E-state index is 0.0430. The predicted molar refractivity (Wildman–Crippen MR) is 173 cm³/mol. The summed E-state index contributed by atoms with van der Waals surface area (Å²) in [5, 5.41) is 28.7. The minimum Gasteiger partial charge on any atom is -0.508 e. The molecular weight excluding hydrogens is 622 g/mol. The lowest BCUT2D eigenvalue weighted by Crippen LogP contribution is -2.61. The van der Waals surface area contributed by atoms with Gasteiger partial charge < -0.3 is 35.3 Å². The summed E-state index contributed by atoms with van der Waals surface area (Å²) >= 11 is 0. The van der Waals surface area contributed by atoms with Crippen LogP contribution in [0.4, 0.5) is 0 Å². The third-order valence-corrected chi connectivity index (χ3v) is 8.12. The highest BCUT2D eigenvalue weighted by Crippen LogP contribution is 2.42. The average Bonchev–Trinajstić information content (AvgIpc) is 3.03. The van der Waals surface area contributed by atoms with Gasteiger partial charge >= 0.3 is 11.9 Å². The number of phenolic OH excluding ortho intramolecular Hbond substituents is 1. The average molecular weight is 658 g/mol. The standard InChI is InChI=1S/C35H35N3O10/c1-18(33(43)38-32-19(2)47-35(32)46)37-29(41)6-4-3-5-13-36-30(42)15-20-7-10-23(26(14-20)34(44)45)31-24-11-8-21(39)16-27(24)48-28-17-22(40)9-12-25(28)31/h7-12,14,16-19,32,39H,3-6,13,15H2,1-2H3,(H,36,42)(H,37,41)(H,38,43)(H,44,45)/t18-,19+,32-/m0/s1. The van der Waals surface area contributed by atoms with E-state index in [1.165, 1.54) is 37.3 Å². The number of unbranched alkanes of at least 4 members (excludes halogenated alkanes) is 2. The van der Waals surface area contributed by atoms with Gasteiger partial charge in [-0.3, -0.25) is 19.2 Å². The maximum absolute atomic E-state index is 12.7. The second kappa shape index (κ2) is 14.4. The Morgan fingerprint density at radius 2 is 1.69 bits per heavy atom. The van der Waals surface area contributed by atoms with E-state index in [-0.39, 0.29) is 52.7 Å². The number of benzene rings is 3. The number of carbonyl (C=O) groups excluding carboxylic acids is 4. The first-order valence-corrected chi connectivity index (χ1v) is 15.5. The quantitative estimate of drug-likeness (QED) is 0.0808. The Labute approximate surface area is 274 Å². The van der Waals surface area contributed by atoms with Crippen molar-refractivity contribution in [3.05, 3.63) is 75.9 Å². The number of carboxylic acids is 1. The first-order chi connectivity index (χ1) is 22.9. The number of cyclic esters (lactones) is 1. The van der Waals surface area contributed by atoms with Crippen LogP contribution in [-0.2, 0) is 30.3 Å². The molecule has 2 aliphatic heterocycles. The summed E-state index contributed by atoms with van der Waals surface area (Å²) in [5.41, 5.74) is 1.82. The van der Waals surface area contributed by atoms with Crippen molar-refractivity contribution in [3.63, 3.8) is 0 Å². The van der Waals surface area contributed by atoms with Gasteiger partial charge in [0.2, 0.25) is 17.7 Å². The molecule has 2 heterocycles. The number of amides is 3. The Balaban J connectivity index is 1.14. The third kappa shape index (κ3) is 7.63. The first-order valence-electron chi connectivity index (χ1n) is 15.5. The van der Waals surface area contributed by atoms with E-state index in [2.05, 4.69) is 16.0 Å². The van der Waals surface area contributed by atoms with Crippen molar-refractivity contribution in [1.82, 2.24) is 16.0 Å². The molecule has 3 atom stereocenters. The largest absolute Gasteiger partial charge is 0.508 e. The van der Waals surface area contributed by atoms with Crippen LogP contribution >= 0.6 is 0 Å². The predicted octanol–water partition coefficient (Wildman–Crippen LogP) is 3.12. The van der Waals surface area contributed by atoms with E-state index < -0.39 is 36.0 Å². The number of carbonyl (C=O) groups is 5. The molecule has 0 saturated carbocycles. The normalized spacial score (nSPS) is 16.1. The molecule has 1 fully saturated rings. The van der Waals surface area contributed by atoms with E-state index in [0.717, 1.165) is 0 Å². The summed E-state index contributed by atoms with van der Waals surface area (Å²) < 4.78 is 10.7. The van der Waals surface area contributed by atoms with Gasteiger partial charge in [0, 0.05) is 41.6 Å². The molecule has 0 unspecified atom stereocenters. The van der Waals surface area contributed by atoms with Crippen LogP contribution in [0, 0.1) is 0 Å².